The topological polar surface area (TPSA) is 99.5 Å². The fourth-order valence-corrected chi connectivity index (χ4v) is 6.46. The molecular formula is C22H24ClFN4O4S. The van der Waals surface area contributed by atoms with Crippen LogP contribution < -0.4 is 10.7 Å². The number of fused-ring (bicyclic) bond motifs is 1. The number of nitrogens with one attached hydrogen (secondary N) is 1. The lowest BCUT2D eigenvalue weighted by atomic mass is 9.87. The number of aromatic amines is 1. The molecule has 33 heavy (non-hydrogen) atoms. The van der Waals surface area contributed by atoms with Gasteiger partial charge in [-0.1, -0.05) is 24.6 Å². The van der Waals surface area contributed by atoms with Gasteiger partial charge in [0, 0.05) is 18.0 Å². The molecule has 0 saturated carbocycles. The third-order valence-corrected chi connectivity index (χ3v) is 8.52. The van der Waals surface area contributed by atoms with E-state index in [1.54, 1.807) is 44.9 Å². The minimum Gasteiger partial charge on any atom is -0.391 e. The molecule has 8 nitrogen and oxygen atoms in total. The molecule has 3 aromatic rings. The summed E-state index contributed by atoms with van der Waals surface area (Å²) < 4.78 is 49.1. The summed E-state index contributed by atoms with van der Waals surface area (Å²) in [4.78, 5) is 13.6. The van der Waals surface area contributed by atoms with E-state index in [1.165, 1.54) is 16.4 Å². The molecule has 0 radical (unpaired) electrons. The van der Waals surface area contributed by atoms with E-state index in [9.17, 15) is 13.2 Å². The van der Waals surface area contributed by atoms with Crippen LogP contribution in [0.1, 0.15) is 47.0 Å². The average molecular weight is 495 g/mol. The Morgan fingerprint density at radius 1 is 1.21 bits per heavy atom. The highest BCUT2D eigenvalue weighted by atomic mass is 35.5. The molecule has 0 amide bonds. The highest BCUT2D eigenvalue weighted by molar-refractivity contribution is 7.89. The van der Waals surface area contributed by atoms with E-state index in [-0.39, 0.29) is 17.5 Å². The first kappa shape index (κ1) is 23.5. The molecule has 1 aliphatic heterocycles. The largest absolute Gasteiger partial charge is 0.434 e. The van der Waals surface area contributed by atoms with E-state index < -0.39 is 33.6 Å². The maximum atomic E-state index is 15.0. The van der Waals surface area contributed by atoms with Crippen LogP contribution in [-0.2, 0) is 10.0 Å². The molecule has 176 valence electrons. The SMILES string of the molecule is Cc1cc2c(cc1Cl)N(C)CN([C@H](c1n[nH]c(=O)o1)[C@H](C)c1c(F)ccc(C)c1C)S2(=O)=O. The highest BCUT2D eigenvalue weighted by Gasteiger charge is 2.45. The fraction of sp³-hybridized carbons (Fsp3) is 0.364. The Balaban J connectivity index is 1.94. The molecule has 0 fully saturated rings. The summed E-state index contributed by atoms with van der Waals surface area (Å²) in [5, 5.41) is 6.57. The van der Waals surface area contributed by atoms with Crippen LogP contribution in [0.5, 0.6) is 0 Å². The maximum Gasteiger partial charge on any atom is 0.434 e. The van der Waals surface area contributed by atoms with Crippen molar-refractivity contribution in [2.75, 3.05) is 18.6 Å². The number of nitrogens with zero attached hydrogens (tertiary/aromatic N) is 3. The zero-order valence-electron chi connectivity index (χ0n) is 18.8. The Bertz CT molecular complexity index is 1400. The monoisotopic (exact) mass is 494 g/mol. The van der Waals surface area contributed by atoms with Gasteiger partial charge in [-0.05, 0) is 61.2 Å². The third-order valence-electron chi connectivity index (χ3n) is 6.27. The molecule has 11 heteroatoms. The van der Waals surface area contributed by atoms with Gasteiger partial charge in [-0.15, -0.1) is 5.10 Å². The second-order valence-corrected chi connectivity index (χ2v) is 10.7. The molecule has 2 heterocycles. The molecule has 4 rings (SSSR count). The van der Waals surface area contributed by atoms with Crippen LogP contribution in [0.2, 0.25) is 5.02 Å². The third kappa shape index (κ3) is 3.85. The second-order valence-electron chi connectivity index (χ2n) is 8.39. The predicted octanol–water partition coefficient (Wildman–Crippen LogP) is 4.02. The number of hydrogen-bond donors (Lipinski definition) is 1. The van der Waals surface area contributed by atoms with Crippen LogP contribution in [0.15, 0.2) is 38.4 Å². The van der Waals surface area contributed by atoms with Crippen molar-refractivity contribution in [3.63, 3.8) is 0 Å². The number of hydrogen-bond acceptors (Lipinski definition) is 6. The van der Waals surface area contributed by atoms with Gasteiger partial charge in [-0.2, -0.15) is 4.31 Å². The number of halogens is 2. The number of rotatable bonds is 4. The van der Waals surface area contributed by atoms with Gasteiger partial charge in [-0.3, -0.25) is 0 Å². The quantitative estimate of drug-likeness (QED) is 0.588. The van der Waals surface area contributed by atoms with Crippen molar-refractivity contribution in [1.82, 2.24) is 14.5 Å². The molecular weight excluding hydrogens is 471 g/mol. The van der Waals surface area contributed by atoms with Crippen molar-refractivity contribution in [2.24, 2.45) is 0 Å². The van der Waals surface area contributed by atoms with Crippen LogP contribution in [0, 0.1) is 26.6 Å². The molecule has 1 aliphatic rings. The zero-order chi connectivity index (χ0) is 24.2. The molecule has 1 aromatic heterocycles. The summed E-state index contributed by atoms with van der Waals surface area (Å²) in [6, 6.07) is 5.05. The van der Waals surface area contributed by atoms with Crippen molar-refractivity contribution >= 4 is 27.3 Å². The van der Waals surface area contributed by atoms with Crippen molar-refractivity contribution in [1.29, 1.82) is 0 Å². The first-order valence-electron chi connectivity index (χ1n) is 10.3. The first-order valence-corrected chi connectivity index (χ1v) is 12.1. The summed E-state index contributed by atoms with van der Waals surface area (Å²) in [6.07, 6.45) is 0. The summed E-state index contributed by atoms with van der Waals surface area (Å²) in [7, 11) is -2.36. The predicted molar refractivity (Wildman–Crippen MR) is 123 cm³/mol. The zero-order valence-corrected chi connectivity index (χ0v) is 20.4. The van der Waals surface area contributed by atoms with Crippen LogP contribution in [-0.4, -0.2) is 36.6 Å². The summed E-state index contributed by atoms with van der Waals surface area (Å²) >= 11 is 6.24. The van der Waals surface area contributed by atoms with Crippen LogP contribution >= 0.6 is 11.6 Å². The number of sulfonamides is 1. The molecule has 2 atom stereocenters. The standard InChI is InChI=1S/C22H24ClFN4O4S/c1-11-6-7-16(24)19(13(11)3)14(4)20(21-25-26-22(29)32-21)28-10-27(5)17-9-15(23)12(2)8-18(17)33(28,30)31/h6-9,14,20H,10H2,1-5H3,(H,26,29)/t14-,20+/m1/s1. The molecule has 2 aromatic carbocycles. The van der Waals surface area contributed by atoms with Crippen molar-refractivity contribution < 1.29 is 17.2 Å². The summed E-state index contributed by atoms with van der Waals surface area (Å²) in [6.45, 7) is 6.97. The van der Waals surface area contributed by atoms with Crippen molar-refractivity contribution in [2.45, 2.75) is 44.6 Å². The van der Waals surface area contributed by atoms with E-state index in [1.807, 2.05) is 6.92 Å². The van der Waals surface area contributed by atoms with E-state index in [2.05, 4.69) is 10.2 Å². The van der Waals surface area contributed by atoms with Gasteiger partial charge >= 0.3 is 5.76 Å². The Morgan fingerprint density at radius 2 is 1.91 bits per heavy atom. The van der Waals surface area contributed by atoms with Gasteiger partial charge in [-0.25, -0.2) is 22.7 Å². The van der Waals surface area contributed by atoms with E-state index >= 15 is 4.39 Å². The van der Waals surface area contributed by atoms with Gasteiger partial charge < -0.3 is 9.32 Å². The molecule has 0 saturated heterocycles. The minimum atomic E-state index is -4.09. The number of aromatic nitrogens is 2. The Kier molecular flexibility index (Phi) is 5.88. The van der Waals surface area contributed by atoms with Gasteiger partial charge in [0.2, 0.25) is 15.9 Å². The van der Waals surface area contributed by atoms with Gasteiger partial charge in [0.1, 0.15) is 16.8 Å². The number of aryl methyl sites for hydroxylation is 2. The minimum absolute atomic E-state index is 0.0645. The number of H-pyrrole nitrogens is 1. The lowest BCUT2D eigenvalue weighted by Crippen LogP contribution is -2.48. The summed E-state index contributed by atoms with van der Waals surface area (Å²) in [5.74, 6) is -2.16. The normalized spacial score (nSPS) is 17.6. The van der Waals surface area contributed by atoms with E-state index in [4.69, 9.17) is 16.0 Å². The lowest BCUT2D eigenvalue weighted by Gasteiger charge is -2.40. The molecule has 1 N–H and O–H groups in total. The molecule has 0 spiro atoms. The second kappa shape index (κ2) is 8.27. The number of benzene rings is 2. The van der Waals surface area contributed by atoms with Crippen LogP contribution in [0.4, 0.5) is 10.1 Å². The first-order chi connectivity index (χ1) is 15.4. The highest BCUT2D eigenvalue weighted by Crippen LogP contribution is 2.44. The molecule has 0 bridgehead atoms. The van der Waals surface area contributed by atoms with E-state index in [0.717, 1.165) is 5.56 Å². The molecule has 0 aliphatic carbocycles. The lowest BCUT2D eigenvalue weighted by molar-refractivity contribution is 0.237. The van der Waals surface area contributed by atoms with Gasteiger partial charge in [0.25, 0.3) is 0 Å². The smallest absolute Gasteiger partial charge is 0.391 e. The fourth-order valence-electron chi connectivity index (χ4n) is 4.35. The summed E-state index contributed by atoms with van der Waals surface area (Å²) in [5.41, 5.74) is 2.94. The van der Waals surface area contributed by atoms with Crippen LogP contribution in [0.3, 0.4) is 0 Å². The average Bonchev–Trinajstić information content (AvgIpc) is 3.16. The van der Waals surface area contributed by atoms with Gasteiger partial charge in [0.15, 0.2) is 0 Å². The van der Waals surface area contributed by atoms with E-state index in [0.29, 0.717) is 27.4 Å². The van der Waals surface area contributed by atoms with Crippen molar-refractivity contribution in [3.05, 3.63) is 73.8 Å². The Hall–Kier alpha value is -2.69. The maximum absolute atomic E-state index is 15.0. The Labute approximate surface area is 196 Å². The Morgan fingerprint density at radius 3 is 2.55 bits per heavy atom. The molecule has 0 unspecified atom stereocenters. The van der Waals surface area contributed by atoms with Crippen molar-refractivity contribution in [3.8, 4) is 0 Å². The van der Waals surface area contributed by atoms with Crippen LogP contribution in [0.25, 0.3) is 0 Å². The van der Waals surface area contributed by atoms with Gasteiger partial charge in [0.05, 0.1) is 12.4 Å². The number of anilines is 1.